The van der Waals surface area contributed by atoms with Gasteiger partial charge in [-0.25, -0.2) is 4.98 Å². The molecule has 0 saturated carbocycles. The first kappa shape index (κ1) is 10.4. The third-order valence-corrected chi connectivity index (χ3v) is 3.43. The van der Waals surface area contributed by atoms with E-state index in [2.05, 4.69) is 16.0 Å². The zero-order valence-corrected chi connectivity index (χ0v) is 9.47. The molecule has 5 heteroatoms. The number of nitrogen functional groups attached to an aromatic ring is 1. The summed E-state index contributed by atoms with van der Waals surface area (Å²) in [4.78, 5) is 6.44. The van der Waals surface area contributed by atoms with Gasteiger partial charge in [0.2, 0.25) is 0 Å². The number of ether oxygens (including phenoxy) is 1. The first-order valence-electron chi connectivity index (χ1n) is 5.83. The van der Waals surface area contributed by atoms with E-state index in [0.29, 0.717) is 23.5 Å². The number of nitrogens with zero attached hydrogens (tertiary/aromatic N) is 3. The molecule has 5 nitrogen and oxygen atoms in total. The second kappa shape index (κ2) is 3.90. The molecule has 3 rings (SSSR count). The van der Waals surface area contributed by atoms with Crippen molar-refractivity contribution in [2.45, 2.75) is 25.0 Å². The summed E-state index contributed by atoms with van der Waals surface area (Å²) in [5.74, 6) is 0.726. The largest absolute Gasteiger partial charge is 0.395 e. The van der Waals surface area contributed by atoms with Crippen molar-refractivity contribution in [3.8, 4) is 6.07 Å². The molecule has 2 bridgehead atoms. The van der Waals surface area contributed by atoms with E-state index in [9.17, 15) is 0 Å². The lowest BCUT2D eigenvalue weighted by atomic mass is 10.2. The Hall–Kier alpha value is -1.80. The highest BCUT2D eigenvalue weighted by atomic mass is 16.5. The van der Waals surface area contributed by atoms with E-state index < -0.39 is 0 Å². The van der Waals surface area contributed by atoms with Crippen LogP contribution in [0.3, 0.4) is 0 Å². The van der Waals surface area contributed by atoms with E-state index in [0.717, 1.165) is 31.7 Å². The molecule has 2 atom stereocenters. The fraction of sp³-hybridized carbons (Fsp3) is 0.500. The van der Waals surface area contributed by atoms with Gasteiger partial charge in [-0.2, -0.15) is 5.26 Å². The highest BCUT2D eigenvalue weighted by Crippen LogP contribution is 2.31. The molecule has 0 radical (unpaired) electrons. The minimum absolute atomic E-state index is 0.292. The third kappa shape index (κ3) is 1.71. The van der Waals surface area contributed by atoms with E-state index in [4.69, 9.17) is 15.7 Å². The monoisotopic (exact) mass is 230 g/mol. The maximum absolute atomic E-state index is 8.96. The van der Waals surface area contributed by atoms with E-state index >= 15 is 0 Å². The van der Waals surface area contributed by atoms with Gasteiger partial charge in [0.1, 0.15) is 6.07 Å². The van der Waals surface area contributed by atoms with Crippen molar-refractivity contribution in [2.24, 2.45) is 0 Å². The van der Waals surface area contributed by atoms with E-state index in [1.54, 1.807) is 12.3 Å². The molecule has 2 fully saturated rings. The quantitative estimate of drug-likeness (QED) is 0.775. The van der Waals surface area contributed by atoms with E-state index in [-0.39, 0.29) is 0 Å². The number of pyridine rings is 1. The zero-order valence-electron chi connectivity index (χ0n) is 9.47. The number of fused-ring (bicyclic) bond motifs is 2. The highest BCUT2D eigenvalue weighted by molar-refractivity contribution is 5.70. The van der Waals surface area contributed by atoms with Gasteiger partial charge in [0, 0.05) is 19.3 Å². The second-order valence-corrected chi connectivity index (χ2v) is 4.57. The van der Waals surface area contributed by atoms with Crippen molar-refractivity contribution in [1.29, 1.82) is 5.26 Å². The Bertz CT molecular complexity index is 470. The van der Waals surface area contributed by atoms with Crippen LogP contribution in [0.2, 0.25) is 0 Å². The summed E-state index contributed by atoms with van der Waals surface area (Å²) in [6.07, 6.45) is 4.45. The van der Waals surface area contributed by atoms with Gasteiger partial charge in [-0.1, -0.05) is 0 Å². The van der Waals surface area contributed by atoms with E-state index in [1.165, 1.54) is 0 Å². The van der Waals surface area contributed by atoms with Crippen LogP contribution in [-0.2, 0) is 4.74 Å². The predicted octanol–water partition coefficient (Wildman–Crippen LogP) is 0.903. The first-order valence-corrected chi connectivity index (χ1v) is 5.83. The number of hydrogen-bond acceptors (Lipinski definition) is 5. The Balaban J connectivity index is 1.92. The van der Waals surface area contributed by atoms with E-state index in [1.807, 2.05) is 0 Å². The third-order valence-electron chi connectivity index (χ3n) is 3.43. The molecule has 0 aliphatic carbocycles. The van der Waals surface area contributed by atoms with Crippen molar-refractivity contribution >= 4 is 11.5 Å². The van der Waals surface area contributed by atoms with Crippen LogP contribution in [0, 0.1) is 11.3 Å². The number of hydrogen-bond donors (Lipinski definition) is 1. The molecular weight excluding hydrogens is 216 g/mol. The van der Waals surface area contributed by atoms with Crippen molar-refractivity contribution in [3.63, 3.8) is 0 Å². The average Bonchev–Trinajstić information content (AvgIpc) is 2.68. The van der Waals surface area contributed by atoms with Crippen molar-refractivity contribution < 1.29 is 4.74 Å². The average molecular weight is 230 g/mol. The van der Waals surface area contributed by atoms with Crippen molar-refractivity contribution in [3.05, 3.63) is 17.8 Å². The number of morpholine rings is 1. The fourth-order valence-electron chi connectivity index (χ4n) is 2.60. The van der Waals surface area contributed by atoms with Gasteiger partial charge < -0.3 is 15.4 Å². The molecule has 1 aromatic rings. The van der Waals surface area contributed by atoms with Gasteiger partial charge in [0.05, 0.1) is 23.5 Å². The lowest BCUT2D eigenvalue weighted by Crippen LogP contribution is -2.43. The maximum atomic E-state index is 8.96. The number of anilines is 2. The van der Waals surface area contributed by atoms with Crippen LogP contribution in [0.25, 0.3) is 0 Å². The SMILES string of the molecule is N#Cc1ccnc(N2CC3CCC(C2)O3)c1N. The van der Waals surface area contributed by atoms with Crippen LogP contribution >= 0.6 is 0 Å². The molecule has 2 N–H and O–H groups in total. The summed E-state index contributed by atoms with van der Waals surface area (Å²) in [5, 5.41) is 8.96. The Morgan fingerprint density at radius 2 is 2.12 bits per heavy atom. The summed E-state index contributed by atoms with van der Waals surface area (Å²) in [6.45, 7) is 1.64. The zero-order chi connectivity index (χ0) is 11.8. The Kier molecular flexibility index (Phi) is 2.37. The first-order chi connectivity index (χ1) is 8.28. The maximum Gasteiger partial charge on any atom is 0.153 e. The number of nitrogens with two attached hydrogens (primary N) is 1. The number of rotatable bonds is 1. The molecular formula is C12H14N4O. The smallest absolute Gasteiger partial charge is 0.153 e. The Labute approximate surface area is 99.8 Å². The molecule has 0 aromatic carbocycles. The minimum Gasteiger partial charge on any atom is -0.395 e. The van der Waals surface area contributed by atoms with Crippen LogP contribution in [0.5, 0.6) is 0 Å². The fourth-order valence-corrected chi connectivity index (χ4v) is 2.60. The molecule has 2 aliphatic heterocycles. The van der Waals surface area contributed by atoms with Gasteiger partial charge in [-0.3, -0.25) is 0 Å². The van der Waals surface area contributed by atoms with Gasteiger partial charge in [-0.15, -0.1) is 0 Å². The summed E-state index contributed by atoms with van der Waals surface area (Å²) in [7, 11) is 0. The number of aromatic nitrogens is 1. The van der Waals surface area contributed by atoms with Crippen LogP contribution in [0.1, 0.15) is 18.4 Å². The topological polar surface area (TPSA) is 75.2 Å². The van der Waals surface area contributed by atoms with Crippen molar-refractivity contribution in [2.75, 3.05) is 23.7 Å². The standard InChI is InChI=1S/C12H14N4O/c13-5-8-3-4-15-12(11(8)14)16-6-9-1-2-10(7-16)17-9/h3-4,9-10H,1-2,6-7,14H2. The predicted molar refractivity (Wildman–Crippen MR) is 63.5 cm³/mol. The lowest BCUT2D eigenvalue weighted by Gasteiger charge is -2.33. The van der Waals surface area contributed by atoms with Crippen LogP contribution in [-0.4, -0.2) is 30.3 Å². The Morgan fingerprint density at radius 3 is 2.76 bits per heavy atom. The number of nitriles is 1. The summed E-state index contributed by atoms with van der Waals surface area (Å²) < 4.78 is 5.77. The minimum atomic E-state index is 0.292. The van der Waals surface area contributed by atoms with Crippen LogP contribution in [0.4, 0.5) is 11.5 Å². The molecule has 2 aliphatic rings. The molecule has 3 heterocycles. The van der Waals surface area contributed by atoms with Crippen LogP contribution in [0.15, 0.2) is 12.3 Å². The molecule has 0 amide bonds. The van der Waals surface area contributed by atoms with Gasteiger partial charge in [0.25, 0.3) is 0 Å². The highest BCUT2D eigenvalue weighted by Gasteiger charge is 2.34. The normalized spacial score (nSPS) is 26.9. The summed E-state index contributed by atoms with van der Waals surface area (Å²) >= 11 is 0. The molecule has 1 aromatic heterocycles. The summed E-state index contributed by atoms with van der Waals surface area (Å²) in [6, 6.07) is 3.74. The molecule has 0 spiro atoms. The molecule has 88 valence electrons. The van der Waals surface area contributed by atoms with Crippen molar-refractivity contribution in [1.82, 2.24) is 4.98 Å². The van der Waals surface area contributed by atoms with Crippen LogP contribution < -0.4 is 10.6 Å². The molecule has 2 saturated heterocycles. The summed E-state index contributed by atoms with van der Waals surface area (Å²) in [5.41, 5.74) is 6.95. The van der Waals surface area contributed by atoms with Gasteiger partial charge in [0.15, 0.2) is 5.82 Å². The molecule has 17 heavy (non-hydrogen) atoms. The lowest BCUT2D eigenvalue weighted by molar-refractivity contribution is 0.0303. The van der Waals surface area contributed by atoms with Gasteiger partial charge in [-0.05, 0) is 18.9 Å². The second-order valence-electron chi connectivity index (χ2n) is 4.57. The molecule has 2 unspecified atom stereocenters. The Morgan fingerprint density at radius 1 is 1.41 bits per heavy atom. The van der Waals surface area contributed by atoms with Gasteiger partial charge >= 0.3 is 0 Å².